The van der Waals surface area contributed by atoms with E-state index in [9.17, 15) is 0 Å². The van der Waals surface area contributed by atoms with Gasteiger partial charge in [0, 0.05) is 46.4 Å². The average Bonchev–Trinajstić information content (AvgIpc) is 2.50. The molecule has 24 heavy (non-hydrogen) atoms. The molecule has 1 unspecified atom stereocenters. The monoisotopic (exact) mass is 452 g/mol. The summed E-state index contributed by atoms with van der Waals surface area (Å²) in [5.41, 5.74) is -0.229. The molecular formula is C18H37IN4O. The molecule has 0 heterocycles. The molecule has 142 valence electrons. The molecule has 0 fully saturated rings. The molecular weight excluding hydrogens is 415 g/mol. The van der Waals surface area contributed by atoms with Crippen LogP contribution in [0.4, 0.5) is 0 Å². The van der Waals surface area contributed by atoms with E-state index in [1.54, 1.807) is 14.2 Å². The summed E-state index contributed by atoms with van der Waals surface area (Å²) in [6.07, 6.45) is 3.88. The quantitative estimate of drug-likeness (QED) is 0.219. The van der Waals surface area contributed by atoms with Gasteiger partial charge in [-0.2, -0.15) is 0 Å². The number of hydrogen-bond donors (Lipinski definition) is 2. The van der Waals surface area contributed by atoms with E-state index in [2.05, 4.69) is 47.5 Å². The lowest BCUT2D eigenvalue weighted by Gasteiger charge is -2.33. The summed E-state index contributed by atoms with van der Waals surface area (Å²) in [6, 6.07) is 0.375. The molecule has 0 radical (unpaired) electrons. The number of ether oxygens (including phenoxy) is 1. The molecule has 0 aromatic heterocycles. The molecule has 0 aromatic rings. The van der Waals surface area contributed by atoms with E-state index in [-0.39, 0.29) is 29.6 Å². The second-order valence-electron chi connectivity index (χ2n) is 6.61. The molecule has 0 spiro atoms. The van der Waals surface area contributed by atoms with Gasteiger partial charge in [0.05, 0.1) is 5.60 Å². The Morgan fingerprint density at radius 1 is 1.21 bits per heavy atom. The van der Waals surface area contributed by atoms with E-state index in [0.717, 1.165) is 25.6 Å². The summed E-state index contributed by atoms with van der Waals surface area (Å²) in [7, 11) is 3.50. The number of aliphatic imine (C=N–C) groups is 1. The van der Waals surface area contributed by atoms with Crippen LogP contribution >= 0.6 is 24.0 Å². The minimum absolute atomic E-state index is 0. The molecule has 6 heteroatoms. The molecule has 0 aliphatic carbocycles. The van der Waals surface area contributed by atoms with Crippen LogP contribution < -0.4 is 10.6 Å². The van der Waals surface area contributed by atoms with Crippen molar-refractivity contribution in [3.8, 4) is 0 Å². The van der Waals surface area contributed by atoms with Crippen LogP contribution in [0.5, 0.6) is 0 Å². The van der Waals surface area contributed by atoms with Gasteiger partial charge in [-0.25, -0.2) is 0 Å². The first-order valence-electron chi connectivity index (χ1n) is 8.26. The fraction of sp³-hybridized carbons (Fsp3) is 0.722. The van der Waals surface area contributed by atoms with Crippen molar-refractivity contribution in [3.63, 3.8) is 0 Å². The maximum atomic E-state index is 5.42. The number of hydrogen-bond acceptors (Lipinski definition) is 3. The van der Waals surface area contributed by atoms with E-state index in [1.165, 1.54) is 0 Å². The van der Waals surface area contributed by atoms with E-state index >= 15 is 0 Å². The Balaban J connectivity index is 0. The molecule has 2 N–H and O–H groups in total. The summed E-state index contributed by atoms with van der Waals surface area (Å²) >= 11 is 0. The van der Waals surface area contributed by atoms with Gasteiger partial charge in [-0.1, -0.05) is 26.0 Å². The SMILES string of the molecule is C=CCN(CC=C)C(CNC(=NC)NCC(C)(C)OC)C(C)C.I. The van der Waals surface area contributed by atoms with Crippen LogP contribution in [-0.4, -0.2) is 62.8 Å². The van der Waals surface area contributed by atoms with Crippen LogP contribution in [0.15, 0.2) is 30.3 Å². The van der Waals surface area contributed by atoms with Crippen LogP contribution in [0.1, 0.15) is 27.7 Å². The van der Waals surface area contributed by atoms with Crippen LogP contribution in [0, 0.1) is 5.92 Å². The van der Waals surface area contributed by atoms with Gasteiger partial charge in [-0.15, -0.1) is 37.1 Å². The minimum atomic E-state index is -0.229. The average molecular weight is 452 g/mol. The zero-order valence-corrected chi connectivity index (χ0v) is 18.6. The Morgan fingerprint density at radius 3 is 2.12 bits per heavy atom. The van der Waals surface area contributed by atoms with Gasteiger partial charge in [0.15, 0.2) is 5.96 Å². The normalized spacial score (nSPS) is 13.4. The van der Waals surface area contributed by atoms with E-state index < -0.39 is 0 Å². The van der Waals surface area contributed by atoms with Crippen molar-refractivity contribution >= 4 is 29.9 Å². The van der Waals surface area contributed by atoms with Crippen molar-refractivity contribution in [1.29, 1.82) is 0 Å². The molecule has 0 rings (SSSR count). The van der Waals surface area contributed by atoms with Crippen LogP contribution in [0.25, 0.3) is 0 Å². The zero-order chi connectivity index (χ0) is 17.9. The molecule has 0 amide bonds. The lowest BCUT2D eigenvalue weighted by molar-refractivity contribution is 0.0268. The molecule has 0 saturated heterocycles. The minimum Gasteiger partial charge on any atom is -0.377 e. The van der Waals surface area contributed by atoms with Crippen molar-refractivity contribution in [2.45, 2.75) is 39.3 Å². The summed E-state index contributed by atoms with van der Waals surface area (Å²) < 4.78 is 5.42. The predicted octanol–water partition coefficient (Wildman–Crippen LogP) is 2.89. The van der Waals surface area contributed by atoms with Gasteiger partial charge in [-0.05, 0) is 19.8 Å². The number of nitrogens with one attached hydrogen (secondary N) is 2. The van der Waals surface area contributed by atoms with Crippen molar-refractivity contribution < 1.29 is 4.74 Å². The Labute approximate surface area is 166 Å². The van der Waals surface area contributed by atoms with Gasteiger partial charge in [-0.3, -0.25) is 9.89 Å². The van der Waals surface area contributed by atoms with E-state index in [1.807, 2.05) is 26.0 Å². The molecule has 5 nitrogen and oxygen atoms in total. The van der Waals surface area contributed by atoms with Crippen LogP contribution in [0.3, 0.4) is 0 Å². The third-order valence-corrected chi connectivity index (χ3v) is 3.90. The van der Waals surface area contributed by atoms with Gasteiger partial charge in [0.1, 0.15) is 0 Å². The zero-order valence-electron chi connectivity index (χ0n) is 16.3. The third-order valence-electron chi connectivity index (χ3n) is 3.90. The van der Waals surface area contributed by atoms with Gasteiger partial charge >= 0.3 is 0 Å². The lowest BCUT2D eigenvalue weighted by atomic mass is 10.0. The molecule has 0 bridgehead atoms. The molecule has 0 aliphatic heterocycles. The van der Waals surface area contributed by atoms with Crippen molar-refractivity contribution in [1.82, 2.24) is 15.5 Å². The number of guanidine groups is 1. The Bertz CT molecular complexity index is 373. The number of halogens is 1. The number of methoxy groups -OCH3 is 1. The maximum absolute atomic E-state index is 5.42. The topological polar surface area (TPSA) is 48.9 Å². The Kier molecular flexibility index (Phi) is 14.6. The predicted molar refractivity (Wildman–Crippen MR) is 116 cm³/mol. The van der Waals surface area contributed by atoms with E-state index in [0.29, 0.717) is 18.5 Å². The van der Waals surface area contributed by atoms with Gasteiger partial charge in [0.25, 0.3) is 0 Å². The summed E-state index contributed by atoms with van der Waals surface area (Å²) in [6.45, 7) is 19.5. The summed E-state index contributed by atoms with van der Waals surface area (Å²) in [4.78, 5) is 6.65. The molecule has 0 saturated carbocycles. The van der Waals surface area contributed by atoms with Crippen molar-refractivity contribution in [2.75, 3.05) is 40.3 Å². The Hall–Kier alpha value is -0.600. The van der Waals surface area contributed by atoms with Crippen LogP contribution in [-0.2, 0) is 4.74 Å². The summed E-state index contributed by atoms with van der Waals surface area (Å²) in [5.74, 6) is 1.30. The highest BCUT2D eigenvalue weighted by atomic mass is 127. The third kappa shape index (κ3) is 10.3. The highest BCUT2D eigenvalue weighted by Gasteiger charge is 2.21. The molecule has 1 atom stereocenters. The molecule has 0 aliphatic rings. The first kappa shape index (κ1) is 25.6. The first-order chi connectivity index (χ1) is 10.8. The lowest BCUT2D eigenvalue weighted by Crippen LogP contribution is -2.51. The standard InChI is InChI=1S/C18H36N4O.HI/c1-9-11-22(12-10-2)16(15(3)4)13-20-17(19-7)21-14-18(5,6)23-8;/h9-10,15-16H,1-2,11-14H2,3-8H3,(H2,19,20,21);1H. The second kappa shape index (κ2) is 13.7. The largest absolute Gasteiger partial charge is 0.377 e. The van der Waals surface area contributed by atoms with Gasteiger partial charge < -0.3 is 15.4 Å². The smallest absolute Gasteiger partial charge is 0.191 e. The highest BCUT2D eigenvalue weighted by Crippen LogP contribution is 2.10. The van der Waals surface area contributed by atoms with Crippen molar-refractivity contribution in [3.05, 3.63) is 25.3 Å². The fourth-order valence-corrected chi connectivity index (χ4v) is 2.25. The van der Waals surface area contributed by atoms with E-state index in [4.69, 9.17) is 4.74 Å². The Morgan fingerprint density at radius 2 is 1.75 bits per heavy atom. The first-order valence-corrected chi connectivity index (χ1v) is 8.26. The number of rotatable bonds is 11. The van der Waals surface area contributed by atoms with Crippen LogP contribution in [0.2, 0.25) is 0 Å². The summed E-state index contributed by atoms with van der Waals surface area (Å²) in [5, 5.41) is 6.73. The molecule has 0 aromatic carbocycles. The maximum Gasteiger partial charge on any atom is 0.191 e. The van der Waals surface area contributed by atoms with Gasteiger partial charge in [0.2, 0.25) is 0 Å². The highest BCUT2D eigenvalue weighted by molar-refractivity contribution is 14.0. The van der Waals surface area contributed by atoms with Crippen molar-refractivity contribution in [2.24, 2.45) is 10.9 Å². The fourth-order valence-electron chi connectivity index (χ4n) is 2.25. The second-order valence-corrected chi connectivity index (χ2v) is 6.61. The number of nitrogens with zero attached hydrogens (tertiary/aromatic N) is 2.